The molecule has 2 heterocycles. The van der Waals surface area contributed by atoms with E-state index in [1.807, 2.05) is 6.92 Å². The summed E-state index contributed by atoms with van der Waals surface area (Å²) in [7, 11) is 1.25. The maximum atomic E-state index is 13.4. The van der Waals surface area contributed by atoms with Crippen molar-refractivity contribution < 1.29 is 27.8 Å². The number of anilines is 1. The van der Waals surface area contributed by atoms with Crippen LogP contribution in [0.5, 0.6) is 5.75 Å². The second kappa shape index (κ2) is 12.4. The topological polar surface area (TPSA) is 95.3 Å². The van der Waals surface area contributed by atoms with Crippen molar-refractivity contribution in [2.24, 2.45) is 0 Å². The minimum Gasteiger partial charge on any atom is -0.486 e. The third-order valence-corrected chi connectivity index (χ3v) is 7.44. The molecule has 2 aromatic carbocycles. The van der Waals surface area contributed by atoms with Crippen LogP contribution in [-0.4, -0.2) is 39.5 Å². The maximum Gasteiger partial charge on any atom is 0.341 e. The summed E-state index contributed by atoms with van der Waals surface area (Å²) in [6, 6.07) is 9.73. The first-order valence-electron chi connectivity index (χ1n) is 11.2. The molecule has 0 aliphatic carbocycles. The Morgan fingerprint density at radius 3 is 2.61 bits per heavy atom. The number of rotatable bonds is 10. The van der Waals surface area contributed by atoms with Crippen LogP contribution >= 0.6 is 34.7 Å². The molecule has 0 saturated heterocycles. The molecule has 0 aliphatic heterocycles. The van der Waals surface area contributed by atoms with Crippen molar-refractivity contribution in [3.05, 3.63) is 75.9 Å². The molecular weight excluding hydrogens is 558 g/mol. The number of esters is 1. The van der Waals surface area contributed by atoms with Crippen LogP contribution in [0.25, 0.3) is 11.1 Å². The molecule has 0 bridgehead atoms. The fraction of sp³-hybridized carbons (Fsp3) is 0.200. The third-order valence-electron chi connectivity index (χ3n) is 5.29. The molecule has 0 atom stereocenters. The number of carbonyl (C=O) groups is 2. The van der Waals surface area contributed by atoms with Gasteiger partial charge in [-0.25, -0.2) is 13.6 Å². The molecule has 0 spiro atoms. The van der Waals surface area contributed by atoms with Crippen LogP contribution in [0.3, 0.4) is 0 Å². The third kappa shape index (κ3) is 6.32. The van der Waals surface area contributed by atoms with Crippen LogP contribution in [0.4, 0.5) is 13.8 Å². The highest BCUT2D eigenvalue weighted by Gasteiger charge is 2.23. The standard InChI is InChI=1S/C25H21ClF2N4O4S2/c1-3-32-20(11-36-16-8-9-19(28)18(26)10-16)30-31-25(32)38-13-21(33)29-23-22(24(34)35-2)17(12-37-23)14-4-6-15(27)7-5-14/h4-10,12H,3,11,13H2,1-2H3,(H,29,33). The number of thiophene rings is 1. The minimum atomic E-state index is -0.619. The van der Waals surface area contributed by atoms with Crippen molar-refractivity contribution in [1.29, 1.82) is 0 Å². The van der Waals surface area contributed by atoms with E-state index in [9.17, 15) is 18.4 Å². The van der Waals surface area contributed by atoms with Crippen LogP contribution in [0, 0.1) is 11.6 Å². The molecule has 0 radical (unpaired) electrons. The molecule has 0 unspecified atom stereocenters. The summed E-state index contributed by atoms with van der Waals surface area (Å²) in [4.78, 5) is 25.3. The quantitative estimate of drug-likeness (QED) is 0.181. The summed E-state index contributed by atoms with van der Waals surface area (Å²) >= 11 is 8.13. The van der Waals surface area contributed by atoms with Crippen molar-refractivity contribution in [1.82, 2.24) is 14.8 Å². The van der Waals surface area contributed by atoms with Gasteiger partial charge in [0.2, 0.25) is 5.91 Å². The number of hydrogen-bond donors (Lipinski definition) is 1. The van der Waals surface area contributed by atoms with Crippen molar-refractivity contribution in [2.45, 2.75) is 25.2 Å². The summed E-state index contributed by atoms with van der Waals surface area (Å²) < 4.78 is 39.1. The first-order valence-corrected chi connectivity index (χ1v) is 13.4. The van der Waals surface area contributed by atoms with Gasteiger partial charge >= 0.3 is 5.97 Å². The highest BCUT2D eigenvalue weighted by atomic mass is 35.5. The average molecular weight is 579 g/mol. The van der Waals surface area contributed by atoms with E-state index in [-0.39, 0.29) is 28.9 Å². The predicted molar refractivity (Wildman–Crippen MR) is 142 cm³/mol. The van der Waals surface area contributed by atoms with Gasteiger partial charge in [-0.3, -0.25) is 4.79 Å². The van der Waals surface area contributed by atoms with Gasteiger partial charge in [0.25, 0.3) is 0 Å². The number of ether oxygens (including phenoxy) is 2. The number of methoxy groups -OCH3 is 1. The van der Waals surface area contributed by atoms with Crippen LogP contribution in [0.15, 0.2) is 53.0 Å². The second-order valence-corrected chi connectivity index (χ2v) is 9.93. The van der Waals surface area contributed by atoms with Gasteiger partial charge in [-0.05, 0) is 36.8 Å². The number of thioether (sulfide) groups is 1. The van der Waals surface area contributed by atoms with Crippen LogP contribution in [0.2, 0.25) is 5.02 Å². The number of amides is 1. The summed E-state index contributed by atoms with van der Waals surface area (Å²) in [6.45, 7) is 2.49. The van der Waals surface area contributed by atoms with Crippen molar-refractivity contribution in [2.75, 3.05) is 18.2 Å². The number of benzene rings is 2. The normalized spacial score (nSPS) is 10.9. The molecule has 1 N–H and O–H groups in total. The summed E-state index contributed by atoms with van der Waals surface area (Å²) in [6.07, 6.45) is 0. The van der Waals surface area contributed by atoms with Gasteiger partial charge < -0.3 is 19.4 Å². The molecule has 13 heteroatoms. The van der Waals surface area contributed by atoms with Gasteiger partial charge in [0.15, 0.2) is 11.0 Å². The largest absolute Gasteiger partial charge is 0.486 e. The van der Waals surface area contributed by atoms with Gasteiger partial charge in [0.1, 0.15) is 34.6 Å². The van der Waals surface area contributed by atoms with E-state index in [0.717, 1.165) is 0 Å². The number of hydrogen-bond acceptors (Lipinski definition) is 8. The van der Waals surface area contributed by atoms with Crippen molar-refractivity contribution in [3.63, 3.8) is 0 Å². The lowest BCUT2D eigenvalue weighted by atomic mass is 10.0. The van der Waals surface area contributed by atoms with Crippen LogP contribution in [-0.2, 0) is 22.7 Å². The zero-order valence-corrected chi connectivity index (χ0v) is 22.6. The lowest BCUT2D eigenvalue weighted by molar-refractivity contribution is -0.113. The second-order valence-electron chi connectivity index (χ2n) is 7.70. The molecule has 38 heavy (non-hydrogen) atoms. The average Bonchev–Trinajstić information content (AvgIpc) is 3.51. The van der Waals surface area contributed by atoms with Gasteiger partial charge in [-0.15, -0.1) is 21.5 Å². The van der Waals surface area contributed by atoms with E-state index < -0.39 is 17.6 Å². The molecule has 0 aliphatic rings. The monoisotopic (exact) mass is 578 g/mol. The summed E-state index contributed by atoms with van der Waals surface area (Å²) in [5.41, 5.74) is 1.34. The molecule has 2 aromatic heterocycles. The minimum absolute atomic E-state index is 0.00302. The Hall–Kier alpha value is -3.48. The summed E-state index contributed by atoms with van der Waals surface area (Å²) in [5.74, 6) is -1.02. The number of nitrogens with one attached hydrogen (secondary N) is 1. The molecule has 8 nitrogen and oxygen atoms in total. The smallest absolute Gasteiger partial charge is 0.341 e. The fourth-order valence-corrected chi connectivity index (χ4v) is 5.42. The van der Waals surface area contributed by atoms with E-state index in [1.165, 1.54) is 60.5 Å². The first-order chi connectivity index (χ1) is 18.3. The summed E-state index contributed by atoms with van der Waals surface area (Å²) in [5, 5.41) is 13.5. The van der Waals surface area contributed by atoms with E-state index >= 15 is 0 Å². The Morgan fingerprint density at radius 1 is 1.16 bits per heavy atom. The predicted octanol–water partition coefficient (Wildman–Crippen LogP) is 6.05. The SMILES string of the molecule is CCn1c(COc2ccc(F)c(Cl)c2)nnc1SCC(=O)Nc1scc(-c2ccc(F)cc2)c1C(=O)OC. The van der Waals surface area contributed by atoms with Crippen LogP contribution < -0.4 is 10.1 Å². The molecule has 4 rings (SSSR count). The number of aromatic nitrogens is 3. The number of halogens is 3. The molecule has 4 aromatic rings. The molecule has 1 amide bonds. The molecular formula is C25H21ClF2N4O4S2. The van der Waals surface area contributed by atoms with E-state index in [4.69, 9.17) is 21.1 Å². The fourth-order valence-electron chi connectivity index (χ4n) is 3.45. The molecule has 0 saturated carbocycles. The maximum absolute atomic E-state index is 13.4. The zero-order valence-electron chi connectivity index (χ0n) is 20.2. The highest BCUT2D eigenvalue weighted by molar-refractivity contribution is 7.99. The number of nitrogens with zero attached hydrogens (tertiary/aromatic N) is 3. The lowest BCUT2D eigenvalue weighted by Gasteiger charge is -2.10. The van der Waals surface area contributed by atoms with E-state index in [0.29, 0.717) is 39.4 Å². The Labute approximate surface area is 229 Å². The molecule has 198 valence electrons. The number of carbonyl (C=O) groups excluding carboxylic acids is 2. The van der Waals surface area contributed by atoms with Gasteiger partial charge in [0.05, 0.1) is 17.9 Å². The van der Waals surface area contributed by atoms with E-state index in [1.54, 1.807) is 22.1 Å². The first kappa shape index (κ1) is 27.6. The lowest BCUT2D eigenvalue weighted by Crippen LogP contribution is -2.16. The Morgan fingerprint density at radius 2 is 1.92 bits per heavy atom. The zero-order chi connectivity index (χ0) is 27.2. The molecule has 0 fully saturated rings. The van der Waals surface area contributed by atoms with Gasteiger partial charge in [-0.1, -0.05) is 35.5 Å². The Kier molecular flexibility index (Phi) is 8.97. The van der Waals surface area contributed by atoms with Gasteiger partial charge in [0, 0.05) is 23.6 Å². The van der Waals surface area contributed by atoms with Crippen molar-refractivity contribution in [3.8, 4) is 16.9 Å². The Bertz CT molecular complexity index is 1460. The van der Waals surface area contributed by atoms with E-state index in [2.05, 4.69) is 15.5 Å². The van der Waals surface area contributed by atoms with Gasteiger partial charge in [-0.2, -0.15) is 0 Å². The van der Waals surface area contributed by atoms with Crippen molar-refractivity contribution >= 4 is 51.6 Å². The Balaban J connectivity index is 1.42. The van der Waals surface area contributed by atoms with Crippen LogP contribution in [0.1, 0.15) is 23.1 Å². The highest BCUT2D eigenvalue weighted by Crippen LogP contribution is 2.36.